The molecule has 0 radical (unpaired) electrons. The number of nitrogens with one attached hydrogen (secondary N) is 1. The van der Waals surface area contributed by atoms with Gasteiger partial charge in [0.25, 0.3) is 5.56 Å². The lowest BCUT2D eigenvalue weighted by molar-refractivity contribution is -0.114. The van der Waals surface area contributed by atoms with Crippen molar-refractivity contribution in [1.82, 2.24) is 4.57 Å². The van der Waals surface area contributed by atoms with Crippen LogP contribution in [0.5, 0.6) is 0 Å². The molecule has 0 atom stereocenters. The monoisotopic (exact) mass is 180 g/mol. The molecule has 0 saturated carbocycles. The molecule has 0 unspecified atom stereocenters. The van der Waals surface area contributed by atoms with E-state index in [0.717, 1.165) is 5.56 Å². The number of hydrogen-bond donors (Lipinski definition) is 1. The summed E-state index contributed by atoms with van der Waals surface area (Å²) in [5.41, 5.74) is 0.718. The number of aromatic nitrogens is 1. The first kappa shape index (κ1) is 9.51. The molecule has 1 aromatic rings. The smallest absolute Gasteiger partial charge is 0.252 e. The van der Waals surface area contributed by atoms with Gasteiger partial charge < -0.3 is 5.32 Å². The Balaban J connectivity index is 3.20. The lowest BCUT2D eigenvalue weighted by atomic mass is 10.3. The third kappa shape index (κ3) is 2.18. The van der Waals surface area contributed by atoms with E-state index in [2.05, 4.69) is 5.32 Å². The Labute approximate surface area is 76.2 Å². The molecule has 0 aromatic carbocycles. The van der Waals surface area contributed by atoms with E-state index in [4.69, 9.17) is 0 Å². The number of carbonyl (C=O) groups is 1. The molecule has 1 N–H and O–H groups in total. The molecule has 70 valence electrons. The van der Waals surface area contributed by atoms with Crippen molar-refractivity contribution in [1.29, 1.82) is 0 Å². The Kier molecular flexibility index (Phi) is 2.51. The summed E-state index contributed by atoms with van der Waals surface area (Å²) < 4.78 is 1.40. The molecule has 4 heteroatoms. The van der Waals surface area contributed by atoms with Gasteiger partial charge in [-0.25, -0.2) is 0 Å². The molecular formula is C9H12N2O2. The van der Waals surface area contributed by atoms with Gasteiger partial charge in [0.15, 0.2) is 0 Å². The number of hydrogen-bond acceptors (Lipinski definition) is 2. The molecule has 4 nitrogen and oxygen atoms in total. The van der Waals surface area contributed by atoms with E-state index in [9.17, 15) is 9.59 Å². The molecule has 13 heavy (non-hydrogen) atoms. The summed E-state index contributed by atoms with van der Waals surface area (Å²) in [7, 11) is 1.62. The zero-order valence-electron chi connectivity index (χ0n) is 7.92. The molecule has 0 spiro atoms. The fourth-order valence-electron chi connectivity index (χ4n) is 1.06. The number of rotatable bonds is 1. The van der Waals surface area contributed by atoms with Crippen molar-refractivity contribution in [2.75, 3.05) is 5.32 Å². The van der Waals surface area contributed by atoms with Gasteiger partial charge in [0, 0.05) is 20.0 Å². The van der Waals surface area contributed by atoms with E-state index < -0.39 is 0 Å². The second-order valence-electron chi connectivity index (χ2n) is 3.00. The maximum absolute atomic E-state index is 11.3. The van der Waals surface area contributed by atoms with Crippen molar-refractivity contribution in [3.8, 4) is 0 Å². The molecule has 0 fully saturated rings. The first-order chi connectivity index (χ1) is 6.00. The van der Waals surface area contributed by atoms with Crippen molar-refractivity contribution in [3.63, 3.8) is 0 Å². The normalized spacial score (nSPS) is 9.77. The summed E-state index contributed by atoms with van der Waals surface area (Å²) in [6, 6.07) is 3.27. The molecule has 0 bridgehead atoms. The van der Waals surface area contributed by atoms with Crippen molar-refractivity contribution in [2.24, 2.45) is 7.05 Å². The van der Waals surface area contributed by atoms with Crippen LogP contribution in [0.2, 0.25) is 0 Å². The summed E-state index contributed by atoms with van der Waals surface area (Å²) in [5, 5.41) is 2.58. The van der Waals surface area contributed by atoms with Gasteiger partial charge in [0.05, 0.1) is 0 Å². The molecule has 1 heterocycles. The Morgan fingerprint density at radius 1 is 1.46 bits per heavy atom. The summed E-state index contributed by atoms with van der Waals surface area (Å²) in [6.07, 6.45) is 0. The van der Waals surface area contributed by atoms with Gasteiger partial charge in [0.2, 0.25) is 5.91 Å². The van der Waals surface area contributed by atoms with Crippen LogP contribution in [0.4, 0.5) is 5.82 Å². The average molecular weight is 180 g/mol. The molecule has 1 amide bonds. The maximum Gasteiger partial charge on any atom is 0.252 e. The molecule has 0 saturated heterocycles. The van der Waals surface area contributed by atoms with E-state index in [1.54, 1.807) is 13.1 Å². The zero-order valence-corrected chi connectivity index (χ0v) is 7.92. The summed E-state index contributed by atoms with van der Waals surface area (Å²) in [4.78, 5) is 22.0. The topological polar surface area (TPSA) is 51.1 Å². The SMILES string of the molecule is CC(=O)Nc1cc(C)cc(=O)n1C. The standard InChI is InChI=1S/C9H12N2O2/c1-6-4-8(10-7(2)12)11(3)9(13)5-6/h4-5H,1-3H3,(H,10,12). The van der Waals surface area contributed by atoms with E-state index in [-0.39, 0.29) is 11.5 Å². The van der Waals surface area contributed by atoms with Gasteiger partial charge in [0.1, 0.15) is 5.82 Å². The third-order valence-electron chi connectivity index (χ3n) is 1.71. The molecule has 1 rings (SSSR count). The van der Waals surface area contributed by atoms with Gasteiger partial charge in [-0.15, -0.1) is 0 Å². The van der Waals surface area contributed by atoms with Crippen molar-refractivity contribution in [2.45, 2.75) is 13.8 Å². The summed E-state index contributed by atoms with van der Waals surface area (Å²) >= 11 is 0. The fourth-order valence-corrected chi connectivity index (χ4v) is 1.06. The number of amides is 1. The number of pyridine rings is 1. The van der Waals surface area contributed by atoms with Crippen molar-refractivity contribution >= 4 is 11.7 Å². The number of nitrogens with zero attached hydrogens (tertiary/aromatic N) is 1. The van der Waals surface area contributed by atoms with Gasteiger partial charge in [-0.2, -0.15) is 0 Å². The summed E-state index contributed by atoms with van der Waals surface area (Å²) in [5.74, 6) is 0.345. The Bertz CT molecular complexity index is 393. The molecule has 1 aromatic heterocycles. The zero-order chi connectivity index (χ0) is 10.0. The lowest BCUT2D eigenvalue weighted by Gasteiger charge is -2.08. The van der Waals surface area contributed by atoms with Gasteiger partial charge in [-0.3, -0.25) is 14.2 Å². The van der Waals surface area contributed by atoms with Crippen LogP contribution in [-0.2, 0) is 11.8 Å². The minimum Gasteiger partial charge on any atom is -0.312 e. The van der Waals surface area contributed by atoms with Gasteiger partial charge in [-0.05, 0) is 18.6 Å². The first-order valence-corrected chi connectivity index (χ1v) is 3.96. The quantitative estimate of drug-likeness (QED) is 0.690. The number of carbonyl (C=O) groups excluding carboxylic acids is 1. The molecule has 0 aliphatic rings. The number of anilines is 1. The van der Waals surface area contributed by atoms with E-state index in [1.807, 2.05) is 6.92 Å². The predicted octanol–water partition coefficient (Wildman–Crippen LogP) is 0.652. The van der Waals surface area contributed by atoms with Crippen LogP contribution in [-0.4, -0.2) is 10.5 Å². The van der Waals surface area contributed by atoms with Crippen LogP contribution in [0, 0.1) is 6.92 Å². The Morgan fingerprint density at radius 3 is 2.62 bits per heavy atom. The highest BCUT2D eigenvalue weighted by Crippen LogP contribution is 2.05. The molecular weight excluding hydrogens is 168 g/mol. The van der Waals surface area contributed by atoms with Crippen LogP contribution in [0.15, 0.2) is 16.9 Å². The number of aryl methyl sites for hydroxylation is 1. The predicted molar refractivity (Wildman–Crippen MR) is 50.7 cm³/mol. The maximum atomic E-state index is 11.3. The highest BCUT2D eigenvalue weighted by Gasteiger charge is 2.01. The van der Waals surface area contributed by atoms with E-state index >= 15 is 0 Å². The Hall–Kier alpha value is -1.58. The van der Waals surface area contributed by atoms with Crippen LogP contribution in [0.1, 0.15) is 12.5 Å². The molecule has 0 aliphatic carbocycles. The largest absolute Gasteiger partial charge is 0.312 e. The minimum atomic E-state index is -0.180. The highest BCUT2D eigenvalue weighted by molar-refractivity contribution is 5.87. The van der Waals surface area contributed by atoms with Crippen molar-refractivity contribution in [3.05, 3.63) is 28.0 Å². The second-order valence-corrected chi connectivity index (χ2v) is 3.00. The highest BCUT2D eigenvalue weighted by atomic mass is 16.1. The van der Waals surface area contributed by atoms with Crippen LogP contribution in [0.3, 0.4) is 0 Å². The van der Waals surface area contributed by atoms with E-state index in [0.29, 0.717) is 5.82 Å². The molecule has 0 aliphatic heterocycles. The van der Waals surface area contributed by atoms with Crippen molar-refractivity contribution < 1.29 is 4.79 Å². The van der Waals surface area contributed by atoms with Gasteiger partial charge in [-0.1, -0.05) is 0 Å². The lowest BCUT2D eigenvalue weighted by Crippen LogP contribution is -2.21. The second kappa shape index (κ2) is 3.43. The first-order valence-electron chi connectivity index (χ1n) is 3.96. The van der Waals surface area contributed by atoms with Gasteiger partial charge >= 0.3 is 0 Å². The van der Waals surface area contributed by atoms with Crippen LogP contribution < -0.4 is 10.9 Å². The summed E-state index contributed by atoms with van der Waals surface area (Å²) in [6.45, 7) is 3.22. The fraction of sp³-hybridized carbons (Fsp3) is 0.333. The van der Waals surface area contributed by atoms with Crippen LogP contribution in [0.25, 0.3) is 0 Å². The van der Waals surface area contributed by atoms with Crippen LogP contribution >= 0.6 is 0 Å². The minimum absolute atomic E-state index is 0.122. The Morgan fingerprint density at radius 2 is 2.08 bits per heavy atom. The third-order valence-corrected chi connectivity index (χ3v) is 1.71. The van der Waals surface area contributed by atoms with E-state index in [1.165, 1.54) is 17.6 Å². The average Bonchev–Trinajstić information content (AvgIpc) is 1.98.